The maximum atomic E-state index is 2.55. The molecule has 0 bridgehead atoms. The van der Waals surface area contributed by atoms with E-state index in [1.54, 1.807) is 6.42 Å². The Morgan fingerprint density at radius 1 is 1.40 bits per heavy atom. The minimum Gasteiger partial charge on any atom is -0.296 e. The van der Waals surface area contributed by atoms with Crippen LogP contribution in [0.25, 0.3) is 0 Å². The molecule has 3 aliphatic carbocycles. The summed E-state index contributed by atoms with van der Waals surface area (Å²) in [6.07, 6.45) is 1.56. The Kier molecular flexibility index (Phi) is 0.434. The van der Waals surface area contributed by atoms with Crippen molar-refractivity contribution >= 4 is 0 Å². The minimum absolute atomic E-state index is 0.953. The monoisotopic (exact) mass is 135 g/mol. The molecule has 1 nitrogen and oxygen atoms in total. The first kappa shape index (κ1) is 4.76. The first-order chi connectivity index (χ1) is 4.79. The van der Waals surface area contributed by atoms with Gasteiger partial charge in [-0.3, -0.25) is 4.90 Å². The molecule has 5 unspecified atom stereocenters. The summed E-state index contributed by atoms with van der Waals surface area (Å²) < 4.78 is 0. The minimum atomic E-state index is 0.953. The van der Waals surface area contributed by atoms with Crippen LogP contribution in [0.2, 0.25) is 0 Å². The van der Waals surface area contributed by atoms with Gasteiger partial charge in [-0.1, -0.05) is 6.92 Å². The molecule has 1 heterocycles. The van der Waals surface area contributed by atoms with Crippen molar-refractivity contribution in [2.45, 2.75) is 25.4 Å². The number of likely N-dealkylation sites (N-methyl/N-ethyl adjacent to an activating group) is 1. The average molecular weight is 135 g/mol. The molecule has 0 N–H and O–H groups in total. The molecule has 0 radical (unpaired) electrons. The van der Waals surface area contributed by atoms with Crippen LogP contribution in [0, 0.1) is 23.2 Å². The fourth-order valence-corrected chi connectivity index (χ4v) is 4.31. The van der Waals surface area contributed by atoms with Gasteiger partial charge in [0.05, 0.1) is 0 Å². The maximum Gasteiger partial charge on any atom is 0.0336 e. The van der Waals surface area contributed by atoms with Gasteiger partial charge in [0.25, 0.3) is 0 Å². The third kappa shape index (κ3) is 0.219. The van der Waals surface area contributed by atoms with Crippen molar-refractivity contribution in [2.75, 3.05) is 7.05 Å². The van der Waals surface area contributed by atoms with Crippen LogP contribution in [0.1, 0.15) is 13.3 Å². The lowest BCUT2D eigenvalue weighted by atomic mass is 9.88. The lowest BCUT2D eigenvalue weighted by molar-refractivity contribution is 0.312. The van der Waals surface area contributed by atoms with Crippen LogP contribution in [-0.4, -0.2) is 24.0 Å². The third-order valence-electron chi connectivity index (χ3n) is 4.79. The van der Waals surface area contributed by atoms with Crippen molar-refractivity contribution in [3.63, 3.8) is 0 Å². The van der Waals surface area contributed by atoms with Gasteiger partial charge in [-0.15, -0.1) is 0 Å². The zero-order chi connectivity index (χ0) is 6.67. The molecule has 0 aromatic carbocycles. The quantitative estimate of drug-likeness (QED) is 0.447. The fraction of sp³-hybridized carbons (Fsp3) is 1.00. The topological polar surface area (TPSA) is 3.01 Å². The molecule has 54 valence electrons. The van der Waals surface area contributed by atoms with E-state index in [1.807, 2.05) is 0 Å². The summed E-state index contributed by atoms with van der Waals surface area (Å²) in [5, 5.41) is 0. The molecule has 5 atom stereocenters. The number of fused-ring (bicyclic) bond motifs is 6. The Balaban J connectivity index is 1.69. The van der Waals surface area contributed by atoms with E-state index < -0.39 is 0 Å². The van der Waals surface area contributed by atoms with Crippen molar-refractivity contribution in [3.8, 4) is 0 Å². The SMILES string of the molecule is CC1CC2C1C21C2C1N2C. The van der Waals surface area contributed by atoms with Crippen molar-refractivity contribution in [1.82, 2.24) is 4.90 Å². The predicted molar refractivity (Wildman–Crippen MR) is 38.5 cm³/mol. The lowest BCUT2D eigenvalue weighted by Crippen LogP contribution is -2.15. The van der Waals surface area contributed by atoms with Gasteiger partial charge >= 0.3 is 0 Å². The first-order valence-corrected chi connectivity index (χ1v) is 4.51. The second-order valence-corrected chi connectivity index (χ2v) is 4.90. The molecule has 1 heteroatoms. The molecule has 10 heavy (non-hydrogen) atoms. The third-order valence-corrected chi connectivity index (χ3v) is 4.79. The van der Waals surface area contributed by atoms with Crippen LogP contribution >= 0.6 is 0 Å². The Labute approximate surface area is 61.4 Å². The molecule has 4 fully saturated rings. The summed E-state index contributed by atoms with van der Waals surface area (Å²) in [6, 6.07) is 2.15. The molecule has 4 rings (SSSR count). The second-order valence-electron chi connectivity index (χ2n) is 4.90. The summed E-state index contributed by atoms with van der Waals surface area (Å²) in [6.45, 7) is 2.44. The second kappa shape index (κ2) is 0.911. The molecule has 0 amide bonds. The standard InChI is InChI=1S/C9H13N/c1-4-3-5-6(4)9(5)7-8(9)10(7)2/h4-8H,3H2,1-2H3. The Hall–Kier alpha value is -0.0400. The van der Waals surface area contributed by atoms with Gasteiger partial charge in [0.15, 0.2) is 0 Å². The highest BCUT2D eigenvalue weighted by Gasteiger charge is 2.98. The van der Waals surface area contributed by atoms with Crippen LogP contribution in [0.15, 0.2) is 0 Å². The normalized spacial score (nSPS) is 87.0. The highest BCUT2D eigenvalue weighted by Crippen LogP contribution is 2.92. The van der Waals surface area contributed by atoms with Gasteiger partial charge in [-0.2, -0.15) is 0 Å². The molecule has 4 aliphatic rings. The van der Waals surface area contributed by atoms with Gasteiger partial charge in [0, 0.05) is 17.5 Å². The van der Waals surface area contributed by atoms with E-state index in [0.29, 0.717) is 0 Å². The van der Waals surface area contributed by atoms with Crippen molar-refractivity contribution in [1.29, 1.82) is 0 Å². The molecular weight excluding hydrogens is 122 g/mol. The van der Waals surface area contributed by atoms with Crippen LogP contribution in [0.3, 0.4) is 0 Å². The summed E-state index contributed by atoms with van der Waals surface area (Å²) in [5.41, 5.74) is 0.953. The Morgan fingerprint density at radius 2 is 2.10 bits per heavy atom. The van der Waals surface area contributed by atoms with Gasteiger partial charge in [0.1, 0.15) is 0 Å². The molecule has 3 saturated carbocycles. The van der Waals surface area contributed by atoms with E-state index in [1.165, 1.54) is 11.8 Å². The summed E-state index contributed by atoms with van der Waals surface area (Å²) in [5.74, 6) is 3.48. The lowest BCUT2D eigenvalue weighted by Gasteiger charge is -2.17. The highest BCUT2D eigenvalue weighted by atomic mass is 15.5. The van der Waals surface area contributed by atoms with Crippen LogP contribution in [0.4, 0.5) is 0 Å². The van der Waals surface area contributed by atoms with E-state index >= 15 is 0 Å². The van der Waals surface area contributed by atoms with Crippen molar-refractivity contribution < 1.29 is 0 Å². The predicted octanol–water partition coefficient (Wildman–Crippen LogP) is 0.955. The molecular formula is C9H13N. The number of hydrogen-bond acceptors (Lipinski definition) is 1. The largest absolute Gasteiger partial charge is 0.296 e. The number of rotatable bonds is 0. The Bertz CT molecular complexity index is 219. The van der Waals surface area contributed by atoms with Gasteiger partial charge in [-0.05, 0) is 31.2 Å². The summed E-state index contributed by atoms with van der Waals surface area (Å²) in [4.78, 5) is 2.55. The highest BCUT2D eigenvalue weighted by molar-refractivity contribution is 5.49. The average Bonchev–Trinajstić information content (AvgIpc) is 2.72. The first-order valence-electron chi connectivity index (χ1n) is 4.51. The van der Waals surface area contributed by atoms with E-state index in [2.05, 4.69) is 18.9 Å². The van der Waals surface area contributed by atoms with Gasteiger partial charge in [0.2, 0.25) is 0 Å². The fourth-order valence-electron chi connectivity index (χ4n) is 4.31. The number of hydrogen-bond donors (Lipinski definition) is 0. The maximum absolute atomic E-state index is 2.55. The summed E-state index contributed by atoms with van der Waals surface area (Å²) >= 11 is 0. The van der Waals surface area contributed by atoms with Gasteiger partial charge < -0.3 is 0 Å². The Morgan fingerprint density at radius 3 is 2.40 bits per heavy atom. The molecule has 0 aromatic rings. The number of nitrogens with zero attached hydrogens (tertiary/aromatic N) is 1. The molecule has 0 aromatic heterocycles. The van der Waals surface area contributed by atoms with E-state index in [4.69, 9.17) is 0 Å². The van der Waals surface area contributed by atoms with E-state index in [9.17, 15) is 0 Å². The molecule has 1 saturated heterocycles. The van der Waals surface area contributed by atoms with Crippen molar-refractivity contribution in [2.24, 2.45) is 23.2 Å². The molecule has 1 aliphatic heterocycles. The van der Waals surface area contributed by atoms with E-state index in [0.717, 1.165) is 23.4 Å². The molecule has 1 spiro atoms. The zero-order valence-corrected chi connectivity index (χ0v) is 6.54. The van der Waals surface area contributed by atoms with Crippen LogP contribution < -0.4 is 0 Å². The number of likely N-dealkylation sites (tertiary alicyclic amines) is 1. The van der Waals surface area contributed by atoms with Crippen LogP contribution in [-0.2, 0) is 0 Å². The van der Waals surface area contributed by atoms with Gasteiger partial charge in [-0.25, -0.2) is 0 Å². The summed E-state index contributed by atoms with van der Waals surface area (Å²) in [7, 11) is 2.28. The smallest absolute Gasteiger partial charge is 0.0336 e. The van der Waals surface area contributed by atoms with Crippen LogP contribution in [0.5, 0.6) is 0 Å². The van der Waals surface area contributed by atoms with Crippen molar-refractivity contribution in [3.05, 3.63) is 0 Å². The zero-order valence-electron chi connectivity index (χ0n) is 6.54. The van der Waals surface area contributed by atoms with E-state index in [-0.39, 0.29) is 0 Å².